The Morgan fingerprint density at radius 2 is 1.96 bits per heavy atom. The van der Waals surface area contributed by atoms with Gasteiger partial charge in [-0.15, -0.1) is 11.3 Å². The Morgan fingerprint density at radius 1 is 1.26 bits per heavy atom. The Labute approximate surface area is 159 Å². The highest BCUT2D eigenvalue weighted by Crippen LogP contribution is 2.17. The first-order chi connectivity index (χ1) is 12.8. The number of ether oxygens (including phenoxy) is 1. The van der Waals surface area contributed by atoms with Crippen molar-refractivity contribution in [2.45, 2.75) is 33.4 Å². The predicted octanol–water partition coefficient (Wildman–Crippen LogP) is 2.74. The van der Waals surface area contributed by atoms with E-state index in [2.05, 4.69) is 15.6 Å². The second kappa shape index (κ2) is 9.22. The molecular formula is C18H20FN3O4S. The Balaban J connectivity index is 1.98. The van der Waals surface area contributed by atoms with Gasteiger partial charge in [0.15, 0.2) is 5.13 Å². The van der Waals surface area contributed by atoms with Gasteiger partial charge in [0, 0.05) is 12.3 Å². The Bertz CT molecular complexity index is 838. The van der Waals surface area contributed by atoms with Gasteiger partial charge in [-0.25, -0.2) is 14.2 Å². The lowest BCUT2D eigenvalue weighted by molar-refractivity contribution is -0.148. The van der Waals surface area contributed by atoms with Crippen LogP contribution in [0.4, 0.5) is 9.52 Å². The maximum Gasteiger partial charge on any atom is 0.329 e. The maximum absolute atomic E-state index is 13.7. The molecule has 0 aliphatic rings. The van der Waals surface area contributed by atoms with E-state index in [1.165, 1.54) is 42.5 Å². The molecule has 9 heteroatoms. The van der Waals surface area contributed by atoms with Crippen LogP contribution in [-0.4, -0.2) is 28.8 Å². The first kappa shape index (κ1) is 20.5. The van der Waals surface area contributed by atoms with Gasteiger partial charge in [0.05, 0.1) is 11.3 Å². The molecule has 2 N–H and O–H groups in total. The minimum absolute atomic E-state index is 0.103. The van der Waals surface area contributed by atoms with Crippen LogP contribution < -0.4 is 10.6 Å². The molecule has 1 aromatic carbocycles. The average Bonchev–Trinajstić information content (AvgIpc) is 3.04. The van der Waals surface area contributed by atoms with Crippen molar-refractivity contribution in [3.05, 3.63) is 46.7 Å². The molecule has 7 nitrogen and oxygen atoms in total. The number of hydrogen-bond donors (Lipinski definition) is 2. The number of aromatic nitrogens is 1. The zero-order valence-corrected chi connectivity index (χ0v) is 15.9. The first-order valence-corrected chi connectivity index (χ1v) is 9.10. The summed E-state index contributed by atoms with van der Waals surface area (Å²) in [5, 5.41) is 7.11. The summed E-state index contributed by atoms with van der Waals surface area (Å²) in [6.07, 6.45) is 0. The van der Waals surface area contributed by atoms with E-state index in [0.29, 0.717) is 10.8 Å². The summed E-state index contributed by atoms with van der Waals surface area (Å²) in [7, 11) is 0. The number of nitrogens with one attached hydrogen (secondary N) is 2. The fourth-order valence-electron chi connectivity index (χ4n) is 2.18. The molecule has 2 amide bonds. The molecule has 0 aliphatic carbocycles. The molecule has 0 radical (unpaired) electrons. The number of carbonyl (C=O) groups is 3. The Hall–Kier alpha value is -2.81. The molecule has 0 saturated carbocycles. The van der Waals surface area contributed by atoms with E-state index in [-0.39, 0.29) is 24.0 Å². The number of anilines is 1. The van der Waals surface area contributed by atoms with Crippen molar-refractivity contribution in [2.75, 3.05) is 5.32 Å². The van der Waals surface area contributed by atoms with E-state index >= 15 is 0 Å². The maximum atomic E-state index is 13.7. The van der Waals surface area contributed by atoms with E-state index in [9.17, 15) is 18.8 Å². The molecule has 0 bridgehead atoms. The Morgan fingerprint density at radius 3 is 2.59 bits per heavy atom. The highest BCUT2D eigenvalue weighted by molar-refractivity contribution is 7.13. The fraction of sp³-hybridized carbons (Fsp3) is 0.333. The van der Waals surface area contributed by atoms with Gasteiger partial charge < -0.3 is 15.4 Å². The number of amides is 2. The quantitative estimate of drug-likeness (QED) is 0.705. The van der Waals surface area contributed by atoms with Crippen molar-refractivity contribution in [3.63, 3.8) is 0 Å². The molecule has 1 atom stereocenters. The summed E-state index contributed by atoms with van der Waals surface area (Å²) in [4.78, 5) is 39.7. The van der Waals surface area contributed by atoms with Crippen molar-refractivity contribution in [3.8, 4) is 0 Å². The number of esters is 1. The van der Waals surface area contributed by atoms with Crippen LogP contribution in [0.3, 0.4) is 0 Å². The number of benzene rings is 1. The minimum Gasteiger partial charge on any atom is -0.458 e. The highest BCUT2D eigenvalue weighted by Gasteiger charge is 2.27. The topological polar surface area (TPSA) is 97.4 Å². The van der Waals surface area contributed by atoms with Crippen LogP contribution in [0.1, 0.15) is 36.8 Å². The van der Waals surface area contributed by atoms with Crippen molar-refractivity contribution in [1.82, 2.24) is 10.3 Å². The van der Waals surface area contributed by atoms with E-state index in [1.54, 1.807) is 19.2 Å². The summed E-state index contributed by atoms with van der Waals surface area (Å²) < 4.78 is 19.0. The van der Waals surface area contributed by atoms with Crippen molar-refractivity contribution in [2.24, 2.45) is 5.92 Å². The molecule has 2 rings (SSSR count). The molecule has 0 aliphatic heterocycles. The minimum atomic E-state index is -0.939. The van der Waals surface area contributed by atoms with Gasteiger partial charge in [0.25, 0.3) is 5.91 Å². The van der Waals surface area contributed by atoms with Crippen LogP contribution in [0.2, 0.25) is 0 Å². The highest BCUT2D eigenvalue weighted by atomic mass is 32.1. The van der Waals surface area contributed by atoms with Crippen LogP contribution in [0, 0.1) is 11.7 Å². The van der Waals surface area contributed by atoms with Gasteiger partial charge in [-0.1, -0.05) is 26.0 Å². The van der Waals surface area contributed by atoms with E-state index in [0.717, 1.165) is 0 Å². The number of nitrogens with zero attached hydrogens (tertiary/aromatic N) is 1. The van der Waals surface area contributed by atoms with E-state index in [1.807, 2.05) is 0 Å². The van der Waals surface area contributed by atoms with Gasteiger partial charge in [-0.2, -0.15) is 0 Å². The number of carbonyl (C=O) groups excluding carboxylic acids is 3. The van der Waals surface area contributed by atoms with Gasteiger partial charge in [0.2, 0.25) is 5.91 Å². The summed E-state index contributed by atoms with van der Waals surface area (Å²) in [5.41, 5.74) is 0.329. The second-order valence-corrected chi connectivity index (χ2v) is 6.97. The molecule has 27 heavy (non-hydrogen) atoms. The molecule has 0 saturated heterocycles. The molecule has 0 fully saturated rings. The largest absolute Gasteiger partial charge is 0.458 e. The molecule has 144 valence electrons. The lowest BCUT2D eigenvalue weighted by Gasteiger charge is -2.20. The fourth-order valence-corrected chi connectivity index (χ4v) is 2.92. The first-order valence-electron chi connectivity index (χ1n) is 8.22. The van der Waals surface area contributed by atoms with E-state index < -0.39 is 23.7 Å². The molecule has 2 aromatic rings. The summed E-state index contributed by atoms with van der Waals surface area (Å²) >= 11 is 1.21. The molecular weight excluding hydrogens is 373 g/mol. The van der Waals surface area contributed by atoms with Crippen LogP contribution in [0.15, 0.2) is 29.6 Å². The van der Waals surface area contributed by atoms with Crippen LogP contribution in [0.25, 0.3) is 0 Å². The van der Waals surface area contributed by atoms with Crippen molar-refractivity contribution < 1.29 is 23.5 Å². The monoisotopic (exact) mass is 393 g/mol. The van der Waals surface area contributed by atoms with Crippen LogP contribution in [-0.2, 0) is 20.9 Å². The Kier molecular flexibility index (Phi) is 7.00. The lowest BCUT2D eigenvalue weighted by atomic mass is 10.0. The molecule has 0 spiro atoms. The summed E-state index contributed by atoms with van der Waals surface area (Å²) in [5.74, 6) is -2.52. The molecule has 0 unspecified atom stereocenters. The predicted molar refractivity (Wildman–Crippen MR) is 98.7 cm³/mol. The van der Waals surface area contributed by atoms with Crippen LogP contribution >= 0.6 is 11.3 Å². The third-order valence-electron chi connectivity index (χ3n) is 3.52. The van der Waals surface area contributed by atoms with Gasteiger partial charge in [-0.05, 0) is 18.1 Å². The number of thiazole rings is 1. The van der Waals surface area contributed by atoms with Gasteiger partial charge in [0.1, 0.15) is 18.5 Å². The van der Waals surface area contributed by atoms with Crippen molar-refractivity contribution >= 4 is 34.3 Å². The standard InChI is InChI=1S/C18H20FN3O4S/c1-10(2)15(22-16(24)13-6-4-5-7-14(13)19)17(25)26-8-12-9-27-18(21-12)20-11(3)23/h4-7,9-10,15H,8H2,1-3H3,(H,22,24)(H,20,21,23)/t15-/m0/s1. The van der Waals surface area contributed by atoms with Crippen LogP contribution in [0.5, 0.6) is 0 Å². The average molecular weight is 393 g/mol. The third-order valence-corrected chi connectivity index (χ3v) is 4.33. The number of rotatable bonds is 7. The van der Waals surface area contributed by atoms with E-state index in [4.69, 9.17) is 4.74 Å². The zero-order valence-electron chi connectivity index (χ0n) is 15.1. The number of hydrogen-bond acceptors (Lipinski definition) is 6. The number of halogens is 1. The van der Waals surface area contributed by atoms with Gasteiger partial charge >= 0.3 is 5.97 Å². The van der Waals surface area contributed by atoms with Gasteiger partial charge in [-0.3, -0.25) is 9.59 Å². The SMILES string of the molecule is CC(=O)Nc1nc(COC(=O)[C@@H](NC(=O)c2ccccc2F)C(C)C)cs1. The summed E-state index contributed by atoms with van der Waals surface area (Å²) in [6, 6.07) is 4.59. The molecule has 1 heterocycles. The normalized spacial score (nSPS) is 11.7. The van der Waals surface area contributed by atoms with Crippen molar-refractivity contribution in [1.29, 1.82) is 0 Å². The zero-order chi connectivity index (χ0) is 20.0. The third kappa shape index (κ3) is 5.85. The second-order valence-electron chi connectivity index (χ2n) is 6.11. The summed E-state index contributed by atoms with van der Waals surface area (Å²) in [6.45, 7) is 4.75. The lowest BCUT2D eigenvalue weighted by Crippen LogP contribution is -2.45. The molecule has 1 aromatic heterocycles. The smallest absolute Gasteiger partial charge is 0.329 e.